The molecule has 2 aromatic rings. The first kappa shape index (κ1) is 27.0. The van der Waals surface area contributed by atoms with Gasteiger partial charge in [0.25, 0.3) is 5.91 Å². The van der Waals surface area contributed by atoms with E-state index >= 15 is 0 Å². The molecule has 0 bridgehead atoms. The predicted octanol–water partition coefficient (Wildman–Crippen LogP) is 3.46. The summed E-state index contributed by atoms with van der Waals surface area (Å²) >= 11 is 4.26. The van der Waals surface area contributed by atoms with E-state index in [4.69, 9.17) is 9.47 Å². The van der Waals surface area contributed by atoms with Crippen LogP contribution in [0.4, 0.5) is 0 Å². The van der Waals surface area contributed by atoms with Crippen LogP contribution in [0.5, 0.6) is 0 Å². The fraction of sp³-hybridized carbons (Fsp3) is 0.320. The molecule has 0 aliphatic carbocycles. The Hall–Kier alpha value is -3.09. The number of carbonyl (C=O) groups excluding carboxylic acids is 4. The third-order valence-corrected chi connectivity index (χ3v) is 8.72. The Labute approximate surface area is 226 Å². The number of nitrogens with one attached hydrogen (secondary N) is 1. The van der Waals surface area contributed by atoms with Gasteiger partial charge in [-0.3, -0.25) is 19.3 Å². The molecule has 194 valence electrons. The summed E-state index contributed by atoms with van der Waals surface area (Å²) in [7, 11) is 0. The lowest BCUT2D eigenvalue weighted by atomic mass is 10.0. The zero-order valence-corrected chi connectivity index (χ0v) is 22.8. The van der Waals surface area contributed by atoms with E-state index in [1.165, 1.54) is 53.6 Å². The molecule has 3 atom stereocenters. The Morgan fingerprint density at radius 3 is 2.70 bits per heavy atom. The largest absolute Gasteiger partial charge is 0.426 e. The number of ether oxygens (including phenoxy) is 2. The third kappa shape index (κ3) is 6.43. The average Bonchev–Trinajstić information content (AvgIpc) is 3.26. The van der Waals surface area contributed by atoms with E-state index in [9.17, 15) is 19.2 Å². The SMILES string of the molecule is CC(=O)OC(C)OC(=O)C1=C(S/C=C\c2scnc2C)CS[C@@H]2[C@H](NC(=O)Cc3ccccc3)C(=O)N12. The smallest absolute Gasteiger partial charge is 0.359 e. The maximum atomic E-state index is 13.1. The molecule has 2 aliphatic rings. The van der Waals surface area contributed by atoms with Crippen molar-refractivity contribution in [2.24, 2.45) is 0 Å². The third-order valence-electron chi connectivity index (χ3n) is 5.47. The molecule has 9 nitrogen and oxygen atoms in total. The molecule has 4 rings (SSSR count). The molecule has 1 N–H and O–H groups in total. The summed E-state index contributed by atoms with van der Waals surface area (Å²) in [6.07, 6.45) is 0.927. The quantitative estimate of drug-likeness (QED) is 0.280. The van der Waals surface area contributed by atoms with Gasteiger partial charge < -0.3 is 14.8 Å². The summed E-state index contributed by atoms with van der Waals surface area (Å²) in [4.78, 5) is 57.3. The van der Waals surface area contributed by atoms with Crippen LogP contribution in [-0.4, -0.2) is 57.1 Å². The highest BCUT2D eigenvalue weighted by Crippen LogP contribution is 2.44. The number of aryl methyl sites for hydroxylation is 1. The van der Waals surface area contributed by atoms with Crippen molar-refractivity contribution in [1.29, 1.82) is 0 Å². The summed E-state index contributed by atoms with van der Waals surface area (Å²) < 4.78 is 10.3. The number of thiazole rings is 1. The van der Waals surface area contributed by atoms with Crippen LogP contribution in [0.1, 0.15) is 30.0 Å². The number of aromatic nitrogens is 1. The van der Waals surface area contributed by atoms with E-state index in [0.717, 1.165) is 16.1 Å². The number of hydrogen-bond donors (Lipinski definition) is 1. The molecule has 2 amide bonds. The molecule has 1 aromatic carbocycles. The Morgan fingerprint density at radius 2 is 2.03 bits per heavy atom. The molecule has 37 heavy (non-hydrogen) atoms. The van der Waals surface area contributed by atoms with Crippen LogP contribution in [-0.2, 0) is 35.1 Å². The van der Waals surface area contributed by atoms with Crippen molar-refractivity contribution < 1.29 is 28.7 Å². The van der Waals surface area contributed by atoms with Gasteiger partial charge >= 0.3 is 11.9 Å². The fourth-order valence-electron chi connectivity index (χ4n) is 3.79. The van der Waals surface area contributed by atoms with Crippen molar-refractivity contribution in [3.05, 3.63) is 68.0 Å². The molecular formula is C25H25N3O6S3. The number of fused-ring (bicyclic) bond motifs is 1. The number of amides is 2. The van der Waals surface area contributed by atoms with Crippen molar-refractivity contribution in [2.75, 3.05) is 5.75 Å². The van der Waals surface area contributed by atoms with Crippen molar-refractivity contribution in [3.63, 3.8) is 0 Å². The molecule has 1 fully saturated rings. The Bertz CT molecular complexity index is 1260. The Balaban J connectivity index is 1.51. The van der Waals surface area contributed by atoms with E-state index in [-0.39, 0.29) is 18.0 Å². The monoisotopic (exact) mass is 559 g/mol. The van der Waals surface area contributed by atoms with Gasteiger partial charge in [0.15, 0.2) is 0 Å². The second kappa shape index (κ2) is 12.0. The molecule has 0 saturated carbocycles. The minimum Gasteiger partial charge on any atom is -0.426 e. The van der Waals surface area contributed by atoms with Gasteiger partial charge in [0.2, 0.25) is 12.2 Å². The van der Waals surface area contributed by atoms with Crippen LogP contribution in [0, 0.1) is 6.92 Å². The van der Waals surface area contributed by atoms with Gasteiger partial charge in [-0.2, -0.15) is 0 Å². The van der Waals surface area contributed by atoms with Crippen molar-refractivity contribution in [3.8, 4) is 0 Å². The van der Waals surface area contributed by atoms with Gasteiger partial charge in [-0.25, -0.2) is 9.78 Å². The summed E-state index contributed by atoms with van der Waals surface area (Å²) in [6, 6.07) is 8.49. The standard InChI is InChI=1S/C25H25N3O6S3/c1-14-18(37-13-26-14)9-10-35-19-12-36-24-21(27-20(30)11-17-7-5-4-6-8-17)23(31)28(24)22(19)25(32)34-16(3)33-15(2)29/h4-10,13,16,21,24H,11-12H2,1-3H3,(H,27,30)/b10-9-/t16?,21-,24-/m1/s1. The maximum Gasteiger partial charge on any atom is 0.359 e. The second-order valence-electron chi connectivity index (χ2n) is 8.19. The molecule has 12 heteroatoms. The summed E-state index contributed by atoms with van der Waals surface area (Å²) in [5.41, 5.74) is 3.59. The number of β-lactam (4-membered cyclic amide) rings is 1. The summed E-state index contributed by atoms with van der Waals surface area (Å²) in [5, 5.41) is 4.19. The van der Waals surface area contributed by atoms with E-state index in [0.29, 0.717) is 10.7 Å². The highest BCUT2D eigenvalue weighted by atomic mass is 32.2. The van der Waals surface area contributed by atoms with Crippen molar-refractivity contribution in [1.82, 2.24) is 15.2 Å². The van der Waals surface area contributed by atoms with Crippen LogP contribution < -0.4 is 5.32 Å². The van der Waals surface area contributed by atoms with Crippen LogP contribution in [0.25, 0.3) is 6.08 Å². The number of esters is 2. The zero-order chi connectivity index (χ0) is 26.5. The predicted molar refractivity (Wildman–Crippen MR) is 143 cm³/mol. The minimum atomic E-state index is -1.12. The normalized spacial score (nSPS) is 19.8. The number of rotatable bonds is 9. The molecule has 2 aliphatic heterocycles. The molecule has 0 radical (unpaired) electrons. The number of thioether (sulfide) groups is 2. The Kier molecular flexibility index (Phi) is 8.72. The first-order valence-corrected chi connectivity index (χ1v) is 14.2. The number of hydrogen-bond acceptors (Lipinski definition) is 10. The van der Waals surface area contributed by atoms with Crippen molar-refractivity contribution >= 4 is 64.7 Å². The summed E-state index contributed by atoms with van der Waals surface area (Å²) in [5.74, 6) is -1.60. The van der Waals surface area contributed by atoms with Gasteiger partial charge in [-0.1, -0.05) is 42.1 Å². The van der Waals surface area contributed by atoms with E-state index in [1.54, 1.807) is 5.51 Å². The first-order chi connectivity index (χ1) is 17.7. The van der Waals surface area contributed by atoms with Crippen LogP contribution in [0.3, 0.4) is 0 Å². The highest BCUT2D eigenvalue weighted by Gasteiger charge is 2.54. The van der Waals surface area contributed by atoms with E-state index in [2.05, 4.69) is 10.3 Å². The van der Waals surface area contributed by atoms with Gasteiger partial charge in [0.05, 0.1) is 22.5 Å². The van der Waals surface area contributed by atoms with E-state index < -0.39 is 35.6 Å². The van der Waals surface area contributed by atoms with Crippen LogP contribution in [0.2, 0.25) is 0 Å². The van der Waals surface area contributed by atoms with E-state index in [1.807, 2.05) is 48.7 Å². The highest BCUT2D eigenvalue weighted by molar-refractivity contribution is 8.08. The minimum absolute atomic E-state index is 0.0944. The number of carbonyl (C=O) groups is 4. The molecule has 1 aromatic heterocycles. The molecular weight excluding hydrogens is 534 g/mol. The fourth-order valence-corrected chi connectivity index (χ4v) is 6.90. The topological polar surface area (TPSA) is 115 Å². The first-order valence-electron chi connectivity index (χ1n) is 11.4. The molecule has 1 unspecified atom stereocenters. The van der Waals surface area contributed by atoms with Crippen LogP contribution >= 0.6 is 34.9 Å². The summed E-state index contributed by atoms with van der Waals surface area (Å²) in [6.45, 7) is 4.55. The van der Waals surface area contributed by atoms with Crippen molar-refractivity contribution in [2.45, 2.75) is 44.9 Å². The lowest BCUT2D eigenvalue weighted by Gasteiger charge is -2.49. The van der Waals surface area contributed by atoms with Crippen LogP contribution in [0.15, 0.2) is 51.9 Å². The molecule has 1 saturated heterocycles. The average molecular weight is 560 g/mol. The zero-order valence-electron chi connectivity index (χ0n) is 20.3. The Morgan fingerprint density at radius 1 is 1.27 bits per heavy atom. The number of benzene rings is 1. The number of nitrogens with zero attached hydrogens (tertiary/aromatic N) is 2. The van der Waals surface area contributed by atoms with Gasteiger partial charge in [0.1, 0.15) is 17.1 Å². The maximum absolute atomic E-state index is 13.1. The second-order valence-corrected chi connectivity index (χ2v) is 11.2. The lowest BCUT2D eigenvalue weighted by Crippen LogP contribution is -2.70. The van der Waals surface area contributed by atoms with Gasteiger partial charge in [-0.15, -0.1) is 23.1 Å². The molecule has 3 heterocycles. The van der Waals surface area contributed by atoms with Gasteiger partial charge in [0, 0.05) is 24.5 Å². The molecule has 0 spiro atoms. The lowest BCUT2D eigenvalue weighted by molar-refractivity contribution is -0.182. The van der Waals surface area contributed by atoms with Gasteiger partial charge in [-0.05, 0) is 24.0 Å².